The average molecular weight is 280 g/mol. The molecule has 6 heteroatoms. The van der Waals surface area contributed by atoms with Gasteiger partial charge in [-0.15, -0.1) is 0 Å². The Morgan fingerprint density at radius 3 is 2.70 bits per heavy atom. The number of hydrogen-bond donors (Lipinski definition) is 3. The van der Waals surface area contributed by atoms with E-state index in [1.807, 2.05) is 6.92 Å². The molecule has 0 saturated heterocycles. The molecule has 0 aliphatic carbocycles. The first-order chi connectivity index (χ1) is 9.47. The lowest BCUT2D eigenvalue weighted by Gasteiger charge is -2.12. The van der Waals surface area contributed by atoms with Gasteiger partial charge >= 0.3 is 5.97 Å². The van der Waals surface area contributed by atoms with Crippen molar-refractivity contribution in [2.75, 3.05) is 12.4 Å². The van der Waals surface area contributed by atoms with Crippen molar-refractivity contribution in [2.24, 2.45) is 5.73 Å². The Labute approximate surface area is 117 Å². The number of benzene rings is 1. The Hall–Kier alpha value is -2.08. The molecule has 1 aromatic rings. The van der Waals surface area contributed by atoms with Gasteiger partial charge in [-0.1, -0.05) is 13.3 Å². The van der Waals surface area contributed by atoms with Gasteiger partial charge < -0.3 is 20.9 Å². The van der Waals surface area contributed by atoms with Crippen LogP contribution in [0.4, 0.5) is 5.69 Å². The minimum absolute atomic E-state index is 0.0123. The number of aromatic carboxylic acids is 1. The molecule has 20 heavy (non-hydrogen) atoms. The molecule has 1 aromatic carbocycles. The number of carboxylic acids is 1. The molecule has 0 aliphatic rings. The van der Waals surface area contributed by atoms with Crippen molar-refractivity contribution in [1.29, 1.82) is 0 Å². The first-order valence-corrected chi connectivity index (χ1v) is 6.44. The molecule has 110 valence electrons. The van der Waals surface area contributed by atoms with Crippen LogP contribution in [-0.4, -0.2) is 30.1 Å². The van der Waals surface area contributed by atoms with Gasteiger partial charge in [-0.05, 0) is 24.6 Å². The summed E-state index contributed by atoms with van der Waals surface area (Å²) >= 11 is 0. The van der Waals surface area contributed by atoms with Gasteiger partial charge in [0.2, 0.25) is 5.91 Å². The molecule has 0 radical (unpaired) electrons. The molecular weight excluding hydrogens is 260 g/mol. The number of ether oxygens (including phenoxy) is 1. The minimum Gasteiger partial charge on any atom is -0.497 e. The van der Waals surface area contributed by atoms with Crippen molar-refractivity contribution < 1.29 is 19.4 Å². The number of methoxy groups -OCH3 is 1. The number of carboxylic acid groups (broad SMARTS) is 1. The lowest BCUT2D eigenvalue weighted by molar-refractivity contribution is -0.116. The zero-order valence-electron chi connectivity index (χ0n) is 11.7. The molecule has 1 atom stereocenters. The zero-order chi connectivity index (χ0) is 15.1. The van der Waals surface area contributed by atoms with Crippen LogP contribution in [0.25, 0.3) is 0 Å². The summed E-state index contributed by atoms with van der Waals surface area (Å²) in [5, 5.41) is 11.7. The van der Waals surface area contributed by atoms with Gasteiger partial charge in [0.1, 0.15) is 5.75 Å². The number of nitrogens with two attached hydrogens (primary N) is 1. The molecule has 6 nitrogen and oxygen atoms in total. The van der Waals surface area contributed by atoms with Crippen LogP contribution in [0.3, 0.4) is 0 Å². The van der Waals surface area contributed by atoms with Crippen LogP contribution in [0.1, 0.15) is 36.5 Å². The van der Waals surface area contributed by atoms with Crippen molar-refractivity contribution >= 4 is 17.6 Å². The summed E-state index contributed by atoms with van der Waals surface area (Å²) in [6.07, 6.45) is 1.82. The summed E-state index contributed by atoms with van der Waals surface area (Å²) in [4.78, 5) is 23.0. The van der Waals surface area contributed by atoms with Crippen LogP contribution in [0, 0.1) is 0 Å². The standard InChI is InChI=1S/C14H20N2O4/c1-3-4-9(15)7-13(17)16-12-6-5-10(20-2)8-11(12)14(18)19/h5-6,8-9H,3-4,7,15H2,1-2H3,(H,16,17)(H,18,19). The van der Waals surface area contributed by atoms with Crippen molar-refractivity contribution in [2.45, 2.75) is 32.2 Å². The Bertz CT molecular complexity index is 488. The summed E-state index contributed by atoms with van der Waals surface area (Å²) in [6.45, 7) is 1.99. The molecule has 4 N–H and O–H groups in total. The maximum atomic E-state index is 11.8. The zero-order valence-corrected chi connectivity index (χ0v) is 11.7. The summed E-state index contributed by atoms with van der Waals surface area (Å²) < 4.78 is 4.97. The highest BCUT2D eigenvalue weighted by Gasteiger charge is 2.15. The molecule has 0 spiro atoms. The van der Waals surface area contributed by atoms with Crippen LogP contribution in [0.15, 0.2) is 18.2 Å². The van der Waals surface area contributed by atoms with E-state index in [0.717, 1.165) is 12.8 Å². The van der Waals surface area contributed by atoms with Crippen molar-refractivity contribution in [3.8, 4) is 5.75 Å². The topological polar surface area (TPSA) is 102 Å². The fraction of sp³-hybridized carbons (Fsp3) is 0.429. The Morgan fingerprint density at radius 2 is 2.15 bits per heavy atom. The first kappa shape index (κ1) is 16.0. The minimum atomic E-state index is -1.13. The van der Waals surface area contributed by atoms with Crippen LogP contribution in [-0.2, 0) is 4.79 Å². The van der Waals surface area contributed by atoms with E-state index in [9.17, 15) is 9.59 Å². The number of carbonyl (C=O) groups is 2. The molecule has 1 unspecified atom stereocenters. The smallest absolute Gasteiger partial charge is 0.337 e. The highest BCUT2D eigenvalue weighted by atomic mass is 16.5. The molecular formula is C14H20N2O4. The third-order valence-corrected chi connectivity index (χ3v) is 2.84. The van der Waals surface area contributed by atoms with E-state index in [2.05, 4.69) is 5.32 Å². The lowest BCUT2D eigenvalue weighted by atomic mass is 10.1. The highest BCUT2D eigenvalue weighted by molar-refractivity contribution is 6.01. The van der Waals surface area contributed by atoms with Gasteiger partial charge in [0.15, 0.2) is 0 Å². The Balaban J connectivity index is 2.81. The van der Waals surface area contributed by atoms with E-state index in [1.165, 1.54) is 19.2 Å². The molecule has 0 aliphatic heterocycles. The summed E-state index contributed by atoms with van der Waals surface area (Å²) in [5.74, 6) is -1.00. The molecule has 0 saturated carbocycles. The van der Waals surface area contributed by atoms with Crippen LogP contribution >= 0.6 is 0 Å². The second kappa shape index (κ2) is 7.49. The largest absolute Gasteiger partial charge is 0.497 e. The SMILES string of the molecule is CCCC(N)CC(=O)Nc1ccc(OC)cc1C(=O)O. The van der Waals surface area contributed by atoms with Crippen molar-refractivity contribution in [1.82, 2.24) is 0 Å². The van der Waals surface area contributed by atoms with E-state index in [1.54, 1.807) is 6.07 Å². The number of nitrogens with one attached hydrogen (secondary N) is 1. The normalized spacial score (nSPS) is 11.8. The average Bonchev–Trinajstić information content (AvgIpc) is 2.38. The van der Waals surface area contributed by atoms with E-state index in [4.69, 9.17) is 15.6 Å². The fourth-order valence-electron chi connectivity index (χ4n) is 1.85. The van der Waals surface area contributed by atoms with Crippen LogP contribution in [0.5, 0.6) is 5.75 Å². The number of anilines is 1. The first-order valence-electron chi connectivity index (χ1n) is 6.44. The van der Waals surface area contributed by atoms with Gasteiger partial charge in [-0.2, -0.15) is 0 Å². The lowest BCUT2D eigenvalue weighted by Crippen LogP contribution is -2.27. The third kappa shape index (κ3) is 4.55. The predicted octanol–water partition coefficient (Wildman–Crippen LogP) is 1.85. The molecule has 0 heterocycles. The third-order valence-electron chi connectivity index (χ3n) is 2.84. The molecule has 0 fully saturated rings. The molecule has 0 bridgehead atoms. The maximum Gasteiger partial charge on any atom is 0.337 e. The van der Waals surface area contributed by atoms with Crippen molar-refractivity contribution in [3.05, 3.63) is 23.8 Å². The van der Waals surface area contributed by atoms with Crippen LogP contribution < -0.4 is 15.8 Å². The van der Waals surface area contributed by atoms with E-state index in [0.29, 0.717) is 5.75 Å². The monoisotopic (exact) mass is 280 g/mol. The van der Waals surface area contributed by atoms with Crippen molar-refractivity contribution in [3.63, 3.8) is 0 Å². The summed E-state index contributed by atoms with van der Waals surface area (Å²) in [6, 6.07) is 4.25. The second-order valence-electron chi connectivity index (χ2n) is 4.52. The highest BCUT2D eigenvalue weighted by Crippen LogP contribution is 2.22. The summed E-state index contributed by atoms with van der Waals surface area (Å²) in [5.41, 5.74) is 6.02. The van der Waals surface area contributed by atoms with Gasteiger partial charge in [0, 0.05) is 12.5 Å². The van der Waals surface area contributed by atoms with Gasteiger partial charge in [-0.3, -0.25) is 4.79 Å². The Morgan fingerprint density at radius 1 is 1.45 bits per heavy atom. The van der Waals surface area contributed by atoms with E-state index < -0.39 is 5.97 Å². The second-order valence-corrected chi connectivity index (χ2v) is 4.52. The van der Waals surface area contributed by atoms with E-state index >= 15 is 0 Å². The number of amides is 1. The summed E-state index contributed by atoms with van der Waals surface area (Å²) in [7, 11) is 1.45. The van der Waals surface area contributed by atoms with Crippen LogP contribution in [0.2, 0.25) is 0 Å². The number of carbonyl (C=O) groups excluding carboxylic acids is 1. The quantitative estimate of drug-likeness (QED) is 0.707. The van der Waals surface area contributed by atoms with Gasteiger partial charge in [-0.25, -0.2) is 4.79 Å². The number of rotatable bonds is 7. The van der Waals surface area contributed by atoms with Gasteiger partial charge in [0.25, 0.3) is 0 Å². The molecule has 1 rings (SSSR count). The Kier molecular flexibility index (Phi) is 5.99. The van der Waals surface area contributed by atoms with E-state index in [-0.39, 0.29) is 29.6 Å². The molecule has 1 amide bonds. The van der Waals surface area contributed by atoms with Gasteiger partial charge in [0.05, 0.1) is 18.4 Å². The maximum absolute atomic E-state index is 11.8. The predicted molar refractivity (Wildman–Crippen MR) is 76.1 cm³/mol. The fourth-order valence-corrected chi connectivity index (χ4v) is 1.85. The number of hydrogen-bond acceptors (Lipinski definition) is 4. The molecule has 0 aromatic heterocycles.